The summed E-state index contributed by atoms with van der Waals surface area (Å²) in [6.07, 6.45) is 2.38. The van der Waals surface area contributed by atoms with E-state index >= 15 is 0 Å². The minimum atomic E-state index is -3.34. The summed E-state index contributed by atoms with van der Waals surface area (Å²) >= 11 is 5.79. The fraction of sp³-hybridized carbons (Fsp3) is 0.462. The third-order valence-electron chi connectivity index (χ3n) is 3.25. The van der Waals surface area contributed by atoms with Crippen LogP contribution in [-0.4, -0.2) is 44.6 Å². The second-order valence-electron chi connectivity index (χ2n) is 5.10. The Balaban J connectivity index is 2.14. The summed E-state index contributed by atoms with van der Waals surface area (Å²) in [5.41, 5.74) is -0.0949. The van der Waals surface area contributed by atoms with Crippen LogP contribution in [0.15, 0.2) is 18.2 Å². The van der Waals surface area contributed by atoms with Crippen molar-refractivity contribution in [2.24, 2.45) is 0 Å². The van der Waals surface area contributed by atoms with E-state index in [1.54, 1.807) is 0 Å². The van der Waals surface area contributed by atoms with Crippen LogP contribution in [0.25, 0.3) is 0 Å². The number of benzene rings is 1. The zero-order chi connectivity index (χ0) is 15.6. The molecule has 0 aliphatic carbocycles. The fourth-order valence-corrected chi connectivity index (χ4v) is 3.36. The molecule has 2 rings (SSSR count). The van der Waals surface area contributed by atoms with Crippen molar-refractivity contribution in [1.29, 1.82) is 0 Å². The van der Waals surface area contributed by atoms with E-state index in [9.17, 15) is 17.6 Å². The predicted octanol–water partition coefficient (Wildman–Crippen LogP) is 1.63. The lowest BCUT2D eigenvalue weighted by Gasteiger charge is -2.32. The van der Waals surface area contributed by atoms with Crippen LogP contribution < -0.4 is 4.72 Å². The molecule has 116 valence electrons. The summed E-state index contributed by atoms with van der Waals surface area (Å²) in [4.78, 5) is 13.8. The molecule has 1 heterocycles. The van der Waals surface area contributed by atoms with Gasteiger partial charge in [0.25, 0.3) is 5.91 Å². The zero-order valence-corrected chi connectivity index (χ0v) is 13.0. The van der Waals surface area contributed by atoms with E-state index < -0.39 is 21.7 Å². The first-order valence-electron chi connectivity index (χ1n) is 6.48. The lowest BCUT2D eigenvalue weighted by Crippen LogP contribution is -2.49. The smallest absolute Gasteiger partial charge is 0.256 e. The molecule has 0 radical (unpaired) electrons. The number of piperidine rings is 1. The van der Waals surface area contributed by atoms with Crippen molar-refractivity contribution in [1.82, 2.24) is 9.62 Å². The van der Waals surface area contributed by atoms with E-state index in [2.05, 4.69) is 4.72 Å². The Kier molecular flexibility index (Phi) is 4.85. The number of hydrogen-bond donors (Lipinski definition) is 1. The summed E-state index contributed by atoms with van der Waals surface area (Å²) < 4.78 is 38.7. The van der Waals surface area contributed by atoms with Crippen LogP contribution in [0.5, 0.6) is 0 Å². The standard InChI is InChI=1S/C13H16ClFN2O3S/c1-21(19,20)16-10-3-2-6-17(8-10)13(18)11-7-9(14)4-5-12(11)15/h4-5,7,10,16H,2-3,6,8H2,1H3. The molecule has 0 saturated carbocycles. The lowest BCUT2D eigenvalue weighted by molar-refractivity contribution is 0.0698. The predicted molar refractivity (Wildman–Crippen MR) is 78.3 cm³/mol. The van der Waals surface area contributed by atoms with E-state index in [0.29, 0.717) is 19.4 Å². The van der Waals surface area contributed by atoms with Crippen molar-refractivity contribution < 1.29 is 17.6 Å². The first-order valence-corrected chi connectivity index (χ1v) is 8.75. The van der Waals surface area contributed by atoms with Gasteiger partial charge in [0.15, 0.2) is 0 Å². The highest BCUT2D eigenvalue weighted by molar-refractivity contribution is 7.88. The maximum atomic E-state index is 13.7. The summed E-state index contributed by atoms with van der Waals surface area (Å²) in [6.45, 7) is 0.685. The molecule has 21 heavy (non-hydrogen) atoms. The Labute approximate surface area is 128 Å². The quantitative estimate of drug-likeness (QED) is 0.913. The average Bonchev–Trinajstić information content (AvgIpc) is 2.39. The maximum Gasteiger partial charge on any atom is 0.256 e. The average molecular weight is 335 g/mol. The second-order valence-corrected chi connectivity index (χ2v) is 7.32. The van der Waals surface area contributed by atoms with Gasteiger partial charge in [0.1, 0.15) is 5.82 Å². The number of likely N-dealkylation sites (tertiary alicyclic amines) is 1. The van der Waals surface area contributed by atoms with E-state index in [1.165, 1.54) is 17.0 Å². The van der Waals surface area contributed by atoms with Crippen molar-refractivity contribution in [2.45, 2.75) is 18.9 Å². The molecule has 1 aliphatic rings. The number of sulfonamides is 1. The molecular weight excluding hydrogens is 319 g/mol. The first-order chi connectivity index (χ1) is 9.76. The highest BCUT2D eigenvalue weighted by Crippen LogP contribution is 2.19. The topological polar surface area (TPSA) is 66.5 Å². The zero-order valence-electron chi connectivity index (χ0n) is 11.5. The van der Waals surface area contributed by atoms with E-state index in [0.717, 1.165) is 12.3 Å². The van der Waals surface area contributed by atoms with E-state index in [1.807, 2.05) is 0 Å². The van der Waals surface area contributed by atoms with Crippen LogP contribution in [0.4, 0.5) is 4.39 Å². The molecule has 0 aromatic heterocycles. The van der Waals surface area contributed by atoms with E-state index in [-0.39, 0.29) is 23.2 Å². The molecule has 5 nitrogen and oxygen atoms in total. The Morgan fingerprint density at radius 1 is 1.48 bits per heavy atom. The molecule has 1 unspecified atom stereocenters. The van der Waals surface area contributed by atoms with Crippen LogP contribution in [-0.2, 0) is 10.0 Å². The van der Waals surface area contributed by atoms with Gasteiger partial charge in [-0.3, -0.25) is 4.79 Å². The monoisotopic (exact) mass is 334 g/mol. The van der Waals surface area contributed by atoms with Gasteiger partial charge in [-0.15, -0.1) is 0 Å². The Morgan fingerprint density at radius 2 is 2.19 bits per heavy atom. The highest BCUT2D eigenvalue weighted by Gasteiger charge is 2.27. The lowest BCUT2D eigenvalue weighted by atomic mass is 10.1. The van der Waals surface area contributed by atoms with Crippen LogP contribution in [0.2, 0.25) is 5.02 Å². The van der Waals surface area contributed by atoms with E-state index in [4.69, 9.17) is 11.6 Å². The number of carbonyl (C=O) groups is 1. The fourth-order valence-electron chi connectivity index (χ4n) is 2.39. The van der Waals surface area contributed by atoms with Crippen molar-refractivity contribution in [3.8, 4) is 0 Å². The number of halogens is 2. The third-order valence-corrected chi connectivity index (χ3v) is 4.24. The van der Waals surface area contributed by atoms with Gasteiger partial charge in [-0.25, -0.2) is 17.5 Å². The highest BCUT2D eigenvalue weighted by atomic mass is 35.5. The van der Waals surface area contributed by atoms with Crippen molar-refractivity contribution in [3.63, 3.8) is 0 Å². The van der Waals surface area contributed by atoms with Gasteiger partial charge in [0.2, 0.25) is 10.0 Å². The first kappa shape index (κ1) is 16.2. The summed E-state index contributed by atoms with van der Waals surface area (Å²) in [5, 5.41) is 0.280. The Bertz CT molecular complexity index is 651. The number of nitrogens with zero attached hydrogens (tertiary/aromatic N) is 1. The number of amides is 1. The van der Waals surface area contributed by atoms with Gasteiger partial charge in [0.05, 0.1) is 11.8 Å². The normalized spacial score (nSPS) is 19.6. The third kappa shape index (κ3) is 4.39. The molecule has 1 aromatic carbocycles. The molecule has 1 aromatic rings. The number of rotatable bonds is 3. The molecule has 1 fully saturated rings. The summed E-state index contributed by atoms with van der Waals surface area (Å²) in [6, 6.07) is 3.45. The molecule has 1 amide bonds. The Morgan fingerprint density at radius 3 is 2.86 bits per heavy atom. The minimum Gasteiger partial charge on any atom is -0.337 e. The molecule has 1 aliphatic heterocycles. The Hall–Kier alpha value is -1.18. The molecule has 8 heteroatoms. The number of hydrogen-bond acceptors (Lipinski definition) is 3. The summed E-state index contributed by atoms with van der Waals surface area (Å²) in [5.74, 6) is -1.11. The van der Waals surface area contributed by atoms with Crippen LogP contribution in [0, 0.1) is 5.82 Å². The van der Waals surface area contributed by atoms with Gasteiger partial charge in [0, 0.05) is 24.2 Å². The molecule has 1 N–H and O–H groups in total. The molecular formula is C13H16ClFN2O3S. The van der Waals surface area contributed by atoms with Crippen molar-refractivity contribution in [2.75, 3.05) is 19.3 Å². The molecule has 1 saturated heterocycles. The van der Waals surface area contributed by atoms with Crippen molar-refractivity contribution >= 4 is 27.5 Å². The molecule has 0 bridgehead atoms. The SMILES string of the molecule is CS(=O)(=O)NC1CCCN(C(=O)c2cc(Cl)ccc2F)C1. The van der Waals surface area contributed by atoms with Crippen LogP contribution in [0.3, 0.4) is 0 Å². The van der Waals surface area contributed by atoms with Gasteiger partial charge >= 0.3 is 0 Å². The second kappa shape index (κ2) is 6.29. The van der Waals surface area contributed by atoms with Gasteiger partial charge in [-0.05, 0) is 31.0 Å². The maximum absolute atomic E-state index is 13.7. The molecule has 0 spiro atoms. The van der Waals surface area contributed by atoms with Gasteiger partial charge in [-0.2, -0.15) is 0 Å². The molecule has 1 atom stereocenters. The summed E-state index contributed by atoms with van der Waals surface area (Å²) in [7, 11) is -3.34. The van der Waals surface area contributed by atoms with Crippen LogP contribution in [0.1, 0.15) is 23.2 Å². The largest absolute Gasteiger partial charge is 0.337 e. The van der Waals surface area contributed by atoms with Gasteiger partial charge in [-0.1, -0.05) is 11.6 Å². The number of nitrogens with one attached hydrogen (secondary N) is 1. The minimum absolute atomic E-state index is 0.0949. The van der Waals surface area contributed by atoms with Gasteiger partial charge < -0.3 is 4.90 Å². The van der Waals surface area contributed by atoms with Crippen molar-refractivity contribution in [3.05, 3.63) is 34.6 Å². The van der Waals surface area contributed by atoms with Crippen LogP contribution >= 0.6 is 11.6 Å². The number of carbonyl (C=O) groups excluding carboxylic acids is 1.